The molecule has 0 atom stereocenters. The second kappa shape index (κ2) is 4.66. The Bertz CT molecular complexity index is 561. The summed E-state index contributed by atoms with van der Waals surface area (Å²) in [5, 5.41) is 39.1. The van der Waals surface area contributed by atoms with Gasteiger partial charge < -0.3 is 25.4 Å². The van der Waals surface area contributed by atoms with Gasteiger partial charge in [0.1, 0.15) is 0 Å². The lowest BCUT2D eigenvalue weighted by atomic mass is 9.80. The molecule has 0 spiro atoms. The van der Waals surface area contributed by atoms with Gasteiger partial charge in [0.15, 0.2) is 0 Å². The average Bonchev–Trinajstić information content (AvgIpc) is 2.54. The van der Waals surface area contributed by atoms with Crippen molar-refractivity contribution >= 4 is 11.9 Å². The fourth-order valence-electron chi connectivity index (χ4n) is 2.31. The number of rotatable bonds is 5. The van der Waals surface area contributed by atoms with Crippen LogP contribution in [0.25, 0.3) is 0 Å². The molecule has 0 aliphatic rings. The zero-order valence-corrected chi connectivity index (χ0v) is 11.6. The number of nitro groups is 1. The van der Waals surface area contributed by atoms with E-state index in [1.165, 1.54) is 27.7 Å². The van der Waals surface area contributed by atoms with Crippen LogP contribution in [0.4, 0.5) is 5.95 Å². The molecule has 1 rings (SSSR count). The minimum atomic E-state index is -1.18. The first-order valence-corrected chi connectivity index (χ1v) is 5.79. The number of carboxylic acid groups (broad SMARTS) is 1. The molecule has 0 aliphatic heterocycles. The van der Waals surface area contributed by atoms with Gasteiger partial charge in [-0.15, -0.1) is 0 Å². The van der Waals surface area contributed by atoms with Gasteiger partial charge in [-0.05, 0) is 44.0 Å². The van der Waals surface area contributed by atoms with Crippen molar-refractivity contribution in [1.82, 2.24) is 9.55 Å². The van der Waals surface area contributed by atoms with Crippen molar-refractivity contribution in [1.29, 1.82) is 0 Å². The summed E-state index contributed by atoms with van der Waals surface area (Å²) in [5.74, 6) is -3.44. The Kier molecular flexibility index (Phi) is 3.66. The quantitative estimate of drug-likeness (QED) is 0.550. The van der Waals surface area contributed by atoms with Gasteiger partial charge in [-0.3, -0.25) is 4.79 Å². The van der Waals surface area contributed by atoms with E-state index in [2.05, 4.69) is 4.98 Å². The normalized spacial score (nSPS) is 12.4. The maximum absolute atomic E-state index is 11.2. The monoisotopic (exact) mass is 287 g/mol. The van der Waals surface area contributed by atoms with E-state index in [1.54, 1.807) is 0 Å². The number of imidazole rings is 1. The van der Waals surface area contributed by atoms with Gasteiger partial charge >= 0.3 is 23.7 Å². The third kappa shape index (κ3) is 2.65. The van der Waals surface area contributed by atoms with Crippen LogP contribution in [0.2, 0.25) is 0 Å². The Morgan fingerprint density at radius 3 is 2.25 bits per heavy atom. The van der Waals surface area contributed by atoms with Gasteiger partial charge in [0, 0.05) is 0 Å². The van der Waals surface area contributed by atoms with Gasteiger partial charge in [-0.2, -0.15) is 4.57 Å². The van der Waals surface area contributed by atoms with Crippen LogP contribution in [-0.2, 0) is 10.3 Å². The maximum atomic E-state index is 11.2. The van der Waals surface area contributed by atoms with Crippen molar-refractivity contribution in [2.24, 2.45) is 5.41 Å². The van der Waals surface area contributed by atoms with Crippen LogP contribution in [-0.4, -0.2) is 35.8 Å². The highest BCUT2D eigenvalue weighted by molar-refractivity contribution is 5.73. The van der Waals surface area contributed by atoms with Crippen LogP contribution in [0.3, 0.4) is 0 Å². The van der Waals surface area contributed by atoms with E-state index in [9.17, 15) is 25.1 Å². The molecule has 0 unspecified atom stereocenters. The number of nitrogens with zero attached hydrogens (tertiary/aromatic N) is 3. The summed E-state index contributed by atoms with van der Waals surface area (Å²) in [7, 11) is 0. The Morgan fingerprint density at radius 2 is 1.85 bits per heavy atom. The van der Waals surface area contributed by atoms with Crippen molar-refractivity contribution in [2.75, 3.05) is 0 Å². The molecule has 0 saturated heterocycles. The Labute approximate surface area is 114 Å². The van der Waals surface area contributed by atoms with E-state index in [1.807, 2.05) is 0 Å². The summed E-state index contributed by atoms with van der Waals surface area (Å²) in [5.41, 5.74) is -2.31. The van der Waals surface area contributed by atoms with Gasteiger partial charge in [-0.25, -0.2) is 0 Å². The van der Waals surface area contributed by atoms with Gasteiger partial charge in [0.05, 0.1) is 11.0 Å². The van der Waals surface area contributed by atoms with E-state index in [0.717, 1.165) is 4.57 Å². The lowest BCUT2D eigenvalue weighted by Gasteiger charge is -2.30. The summed E-state index contributed by atoms with van der Waals surface area (Å²) in [6.07, 6.45) is -0.0144. The predicted molar refractivity (Wildman–Crippen MR) is 67.6 cm³/mol. The van der Waals surface area contributed by atoms with E-state index in [0.29, 0.717) is 0 Å². The molecule has 3 N–H and O–H groups in total. The Morgan fingerprint density at radius 1 is 1.35 bits per heavy atom. The number of carboxylic acids is 1. The molecule has 0 bridgehead atoms. The zero-order valence-electron chi connectivity index (χ0n) is 11.6. The summed E-state index contributed by atoms with van der Waals surface area (Å²) in [6, 6.07) is 0. The van der Waals surface area contributed by atoms with Crippen LogP contribution in [0.1, 0.15) is 34.1 Å². The van der Waals surface area contributed by atoms with Gasteiger partial charge in [0.2, 0.25) is 0 Å². The van der Waals surface area contributed by atoms with Crippen LogP contribution >= 0.6 is 0 Å². The van der Waals surface area contributed by atoms with Crippen molar-refractivity contribution in [3.05, 3.63) is 10.1 Å². The number of hydrogen-bond acceptors (Lipinski definition) is 6. The topological polar surface area (TPSA) is 139 Å². The lowest BCUT2D eigenvalue weighted by Crippen LogP contribution is -2.37. The molecule has 9 heteroatoms. The number of aromatic hydroxyl groups is 2. The second-order valence-electron chi connectivity index (χ2n) is 5.83. The summed E-state index contributed by atoms with van der Waals surface area (Å²) >= 11 is 0. The highest BCUT2D eigenvalue weighted by Gasteiger charge is 2.43. The molecule has 0 radical (unpaired) electrons. The Balaban J connectivity index is 3.35. The highest BCUT2D eigenvalue weighted by Crippen LogP contribution is 2.41. The minimum absolute atomic E-state index is 0.0144. The molecule has 1 heterocycles. The number of carbonyl (C=O) groups is 1. The lowest BCUT2D eigenvalue weighted by molar-refractivity contribution is -0.398. The van der Waals surface area contributed by atoms with Crippen molar-refractivity contribution in [3.8, 4) is 11.8 Å². The second-order valence-corrected chi connectivity index (χ2v) is 5.83. The molecule has 1 aromatic rings. The average molecular weight is 287 g/mol. The molecule has 0 aliphatic carbocycles. The molecular weight excluding hydrogens is 270 g/mol. The number of aliphatic carboxylic acids is 1. The molecule has 0 aromatic carbocycles. The molecule has 9 nitrogen and oxygen atoms in total. The minimum Gasteiger partial charge on any atom is -0.481 e. The standard InChI is InChI=1S/C11H17N3O6/c1-10(2,8(17)18)5-11(3,4)13-7(16)6(15)12-9(13)14(19)20/h15-16H,5H2,1-4H3,(H,17,18). The smallest absolute Gasteiger partial charge is 0.441 e. The fraction of sp³-hybridized carbons (Fsp3) is 0.636. The highest BCUT2D eigenvalue weighted by atomic mass is 16.6. The molecular formula is C11H17N3O6. The van der Waals surface area contributed by atoms with Gasteiger partial charge in [0.25, 0.3) is 0 Å². The predicted octanol–water partition coefficient (Wildman–Crippen LogP) is 1.44. The summed E-state index contributed by atoms with van der Waals surface area (Å²) in [6.45, 7) is 5.98. The molecule has 0 amide bonds. The molecule has 0 saturated carbocycles. The maximum Gasteiger partial charge on any atom is 0.441 e. The third-order valence-electron chi connectivity index (χ3n) is 3.04. The molecule has 0 fully saturated rings. The van der Waals surface area contributed by atoms with Crippen molar-refractivity contribution in [3.63, 3.8) is 0 Å². The van der Waals surface area contributed by atoms with Crippen LogP contribution in [0.15, 0.2) is 0 Å². The largest absolute Gasteiger partial charge is 0.481 e. The van der Waals surface area contributed by atoms with Crippen LogP contribution in [0, 0.1) is 15.5 Å². The van der Waals surface area contributed by atoms with Crippen molar-refractivity contribution < 1.29 is 25.0 Å². The number of hydrogen-bond donors (Lipinski definition) is 3. The Hall–Kier alpha value is -2.32. The fourth-order valence-corrected chi connectivity index (χ4v) is 2.31. The zero-order chi connectivity index (χ0) is 15.9. The molecule has 112 valence electrons. The first-order chi connectivity index (χ1) is 8.90. The molecule has 20 heavy (non-hydrogen) atoms. The van der Waals surface area contributed by atoms with E-state index < -0.39 is 39.6 Å². The SMILES string of the molecule is CC(C)(CC(C)(C)n1c([N+](=O)[O-])nc(O)c1O)C(=O)O. The van der Waals surface area contributed by atoms with Crippen LogP contribution < -0.4 is 0 Å². The van der Waals surface area contributed by atoms with E-state index in [-0.39, 0.29) is 6.42 Å². The van der Waals surface area contributed by atoms with Crippen molar-refractivity contribution in [2.45, 2.75) is 39.7 Å². The summed E-state index contributed by atoms with van der Waals surface area (Å²) in [4.78, 5) is 24.5. The number of aromatic nitrogens is 2. The van der Waals surface area contributed by atoms with E-state index >= 15 is 0 Å². The van der Waals surface area contributed by atoms with E-state index in [4.69, 9.17) is 5.11 Å². The molecule has 1 aromatic heterocycles. The first kappa shape index (κ1) is 15.7. The first-order valence-electron chi connectivity index (χ1n) is 5.79. The summed E-state index contributed by atoms with van der Waals surface area (Å²) < 4.78 is 0.826. The van der Waals surface area contributed by atoms with Crippen LogP contribution in [0.5, 0.6) is 11.8 Å². The van der Waals surface area contributed by atoms with Gasteiger partial charge in [-0.1, -0.05) is 0 Å². The third-order valence-corrected chi connectivity index (χ3v) is 3.04.